The molecule has 0 saturated heterocycles. The molecule has 0 spiro atoms. The van der Waals surface area contributed by atoms with Gasteiger partial charge in [0.25, 0.3) is 0 Å². The largest absolute Gasteiger partial charge is 0.396 e. The predicted molar refractivity (Wildman–Crippen MR) is 62.9 cm³/mol. The second-order valence-electron chi connectivity index (χ2n) is 3.81. The Labute approximate surface area is 90.5 Å². The Morgan fingerprint density at radius 3 is 2.14 bits per heavy atom. The van der Waals surface area contributed by atoms with E-state index >= 15 is 0 Å². The zero-order chi connectivity index (χ0) is 10.6. The molecular weight excluding hydrogens is 192 g/mol. The molecule has 0 aliphatic rings. The normalized spacial score (nSPS) is 13.2. The highest BCUT2D eigenvalue weighted by molar-refractivity contribution is 7.98. The summed E-state index contributed by atoms with van der Waals surface area (Å²) in [5, 5.41) is 9.27. The monoisotopic (exact) mass is 210 g/mol. The molecule has 0 radical (unpaired) electrons. The molecule has 0 saturated carbocycles. The van der Waals surface area contributed by atoms with Crippen LogP contribution in [-0.2, 0) is 0 Å². The van der Waals surface area contributed by atoms with Crippen LogP contribution < -0.4 is 0 Å². The predicted octanol–water partition coefficient (Wildman–Crippen LogP) is 3.14. The topological polar surface area (TPSA) is 20.2 Å². The molecule has 1 nitrogen and oxygen atoms in total. The Morgan fingerprint density at radius 1 is 1.21 bits per heavy atom. The number of benzene rings is 1. The summed E-state index contributed by atoms with van der Waals surface area (Å²) in [6.07, 6.45) is 2.07. The molecule has 1 atom stereocenters. The average Bonchev–Trinajstić information content (AvgIpc) is 2.19. The summed E-state index contributed by atoms with van der Waals surface area (Å²) in [5.41, 5.74) is 1.24. The Bertz CT molecular complexity index is 266. The summed E-state index contributed by atoms with van der Waals surface area (Å²) in [6, 6.07) is 8.47. The van der Waals surface area contributed by atoms with Crippen LogP contribution in [0.1, 0.15) is 25.3 Å². The van der Waals surface area contributed by atoms with Crippen LogP contribution in [0.3, 0.4) is 0 Å². The van der Waals surface area contributed by atoms with Crippen LogP contribution in [0, 0.1) is 5.92 Å². The molecule has 2 heteroatoms. The molecule has 1 aromatic carbocycles. The third-order valence-electron chi connectivity index (χ3n) is 2.55. The van der Waals surface area contributed by atoms with Crippen LogP contribution in [0.2, 0.25) is 0 Å². The van der Waals surface area contributed by atoms with Gasteiger partial charge in [0, 0.05) is 10.8 Å². The molecule has 14 heavy (non-hydrogen) atoms. The first-order valence-electron chi connectivity index (χ1n) is 4.93. The fourth-order valence-corrected chi connectivity index (χ4v) is 1.96. The van der Waals surface area contributed by atoms with Gasteiger partial charge in [-0.15, -0.1) is 11.8 Å². The van der Waals surface area contributed by atoms with Gasteiger partial charge in [0.2, 0.25) is 0 Å². The molecule has 0 aromatic heterocycles. The Balaban J connectivity index is 2.84. The van der Waals surface area contributed by atoms with Crippen LogP contribution in [0.15, 0.2) is 29.2 Å². The minimum Gasteiger partial charge on any atom is -0.396 e. The summed E-state index contributed by atoms with van der Waals surface area (Å²) in [5.74, 6) is 0.756. The molecule has 78 valence electrons. The van der Waals surface area contributed by atoms with Crippen molar-refractivity contribution in [2.45, 2.75) is 24.7 Å². The van der Waals surface area contributed by atoms with Crippen molar-refractivity contribution in [1.82, 2.24) is 0 Å². The minimum absolute atomic E-state index is 0.232. The van der Waals surface area contributed by atoms with Crippen molar-refractivity contribution in [2.24, 2.45) is 5.92 Å². The highest BCUT2D eigenvalue weighted by Gasteiger charge is 2.13. The van der Waals surface area contributed by atoms with Gasteiger partial charge in [-0.25, -0.2) is 0 Å². The van der Waals surface area contributed by atoms with Gasteiger partial charge in [-0.05, 0) is 29.9 Å². The minimum atomic E-state index is 0.232. The van der Waals surface area contributed by atoms with Crippen molar-refractivity contribution < 1.29 is 5.11 Å². The third-order valence-corrected chi connectivity index (χ3v) is 3.29. The average molecular weight is 210 g/mol. The molecule has 0 amide bonds. The zero-order valence-electron chi connectivity index (χ0n) is 9.03. The van der Waals surface area contributed by atoms with E-state index in [0.717, 1.165) is 0 Å². The van der Waals surface area contributed by atoms with Crippen LogP contribution in [0.25, 0.3) is 0 Å². The maximum Gasteiger partial charge on any atom is 0.0502 e. The molecule has 1 aromatic rings. The Hall–Kier alpha value is -0.470. The maximum atomic E-state index is 9.27. The molecular formula is C12H18OS. The first-order valence-corrected chi connectivity index (χ1v) is 6.16. The third kappa shape index (κ3) is 2.76. The van der Waals surface area contributed by atoms with Gasteiger partial charge < -0.3 is 5.11 Å². The zero-order valence-corrected chi connectivity index (χ0v) is 9.84. The van der Waals surface area contributed by atoms with E-state index in [1.807, 2.05) is 0 Å². The van der Waals surface area contributed by atoms with Crippen molar-refractivity contribution in [2.75, 3.05) is 12.9 Å². The van der Waals surface area contributed by atoms with E-state index in [9.17, 15) is 5.11 Å². The van der Waals surface area contributed by atoms with Crippen LogP contribution in [0.5, 0.6) is 0 Å². The molecule has 0 aliphatic heterocycles. The SMILES string of the molecule is CSc1ccc(C(CO)C(C)C)cc1. The molecule has 1 N–H and O–H groups in total. The molecule has 1 rings (SSSR count). The van der Waals surface area contributed by atoms with Crippen molar-refractivity contribution in [1.29, 1.82) is 0 Å². The van der Waals surface area contributed by atoms with E-state index in [1.54, 1.807) is 11.8 Å². The lowest BCUT2D eigenvalue weighted by atomic mass is 9.89. The quantitative estimate of drug-likeness (QED) is 0.770. The van der Waals surface area contributed by atoms with E-state index in [0.29, 0.717) is 5.92 Å². The molecule has 0 bridgehead atoms. The fraction of sp³-hybridized carbons (Fsp3) is 0.500. The van der Waals surface area contributed by atoms with Crippen LogP contribution in [-0.4, -0.2) is 18.0 Å². The highest BCUT2D eigenvalue weighted by atomic mass is 32.2. The molecule has 0 fully saturated rings. The summed E-state index contributed by atoms with van der Waals surface area (Å²) in [6.45, 7) is 4.52. The number of thioether (sulfide) groups is 1. The van der Waals surface area contributed by atoms with E-state index in [1.165, 1.54) is 10.5 Å². The number of aliphatic hydroxyl groups is 1. The van der Waals surface area contributed by atoms with E-state index in [-0.39, 0.29) is 12.5 Å². The lowest BCUT2D eigenvalue weighted by Crippen LogP contribution is -2.10. The lowest BCUT2D eigenvalue weighted by Gasteiger charge is -2.18. The smallest absolute Gasteiger partial charge is 0.0502 e. The Kier molecular flexibility index (Phi) is 4.49. The number of hydrogen-bond acceptors (Lipinski definition) is 2. The van der Waals surface area contributed by atoms with E-state index in [2.05, 4.69) is 44.4 Å². The van der Waals surface area contributed by atoms with Gasteiger partial charge in [0.05, 0.1) is 6.61 Å². The molecule has 1 unspecified atom stereocenters. The molecule has 0 heterocycles. The van der Waals surface area contributed by atoms with E-state index < -0.39 is 0 Å². The molecule has 0 aliphatic carbocycles. The van der Waals surface area contributed by atoms with Crippen LogP contribution in [0.4, 0.5) is 0 Å². The van der Waals surface area contributed by atoms with Gasteiger partial charge in [-0.2, -0.15) is 0 Å². The maximum absolute atomic E-state index is 9.27. The highest BCUT2D eigenvalue weighted by Crippen LogP contribution is 2.25. The van der Waals surface area contributed by atoms with Gasteiger partial charge in [-0.1, -0.05) is 26.0 Å². The van der Waals surface area contributed by atoms with Gasteiger partial charge in [-0.3, -0.25) is 0 Å². The summed E-state index contributed by atoms with van der Waals surface area (Å²) >= 11 is 1.74. The summed E-state index contributed by atoms with van der Waals surface area (Å²) in [4.78, 5) is 1.27. The van der Waals surface area contributed by atoms with Crippen molar-refractivity contribution in [3.8, 4) is 0 Å². The van der Waals surface area contributed by atoms with E-state index in [4.69, 9.17) is 0 Å². The number of hydrogen-bond donors (Lipinski definition) is 1. The number of rotatable bonds is 4. The summed E-state index contributed by atoms with van der Waals surface area (Å²) in [7, 11) is 0. The van der Waals surface area contributed by atoms with Gasteiger partial charge >= 0.3 is 0 Å². The van der Waals surface area contributed by atoms with Gasteiger partial charge in [0.15, 0.2) is 0 Å². The van der Waals surface area contributed by atoms with Crippen molar-refractivity contribution in [3.63, 3.8) is 0 Å². The standard InChI is InChI=1S/C12H18OS/c1-9(2)12(8-13)10-4-6-11(14-3)7-5-10/h4-7,9,12-13H,8H2,1-3H3. The second-order valence-corrected chi connectivity index (χ2v) is 4.69. The van der Waals surface area contributed by atoms with Gasteiger partial charge in [0.1, 0.15) is 0 Å². The van der Waals surface area contributed by atoms with Crippen LogP contribution >= 0.6 is 11.8 Å². The van der Waals surface area contributed by atoms with Crippen molar-refractivity contribution in [3.05, 3.63) is 29.8 Å². The second kappa shape index (κ2) is 5.42. The first-order chi connectivity index (χ1) is 6.69. The first kappa shape index (κ1) is 11.6. The van der Waals surface area contributed by atoms with Crippen molar-refractivity contribution >= 4 is 11.8 Å². The Morgan fingerprint density at radius 2 is 1.79 bits per heavy atom. The lowest BCUT2D eigenvalue weighted by molar-refractivity contribution is 0.237. The number of aliphatic hydroxyl groups excluding tert-OH is 1. The summed E-state index contributed by atoms with van der Waals surface area (Å²) < 4.78 is 0. The fourth-order valence-electron chi connectivity index (χ4n) is 1.55.